The van der Waals surface area contributed by atoms with Crippen molar-refractivity contribution in [1.29, 1.82) is 0 Å². The van der Waals surface area contributed by atoms with Crippen molar-refractivity contribution in [2.24, 2.45) is 17.8 Å². The first kappa shape index (κ1) is 42.1. The summed E-state index contributed by atoms with van der Waals surface area (Å²) in [6.07, 6.45) is -8.49. The Morgan fingerprint density at radius 1 is 0.740 bits per heavy atom. The lowest BCUT2D eigenvalue weighted by atomic mass is 9.90. The number of pyridine rings is 1. The highest BCUT2D eigenvalue weighted by Crippen LogP contribution is 2.22. The van der Waals surface area contributed by atoms with Crippen LogP contribution in [-0.4, -0.2) is 82.0 Å². The Labute approximate surface area is 290 Å². The highest BCUT2D eigenvalue weighted by Gasteiger charge is 2.35. The van der Waals surface area contributed by atoms with Crippen molar-refractivity contribution in [2.45, 2.75) is 110 Å². The molecule has 0 radical (unpaired) electrons. The van der Waals surface area contributed by atoms with Gasteiger partial charge in [-0.1, -0.05) is 64.4 Å². The van der Waals surface area contributed by atoms with Crippen LogP contribution in [-0.2, 0) is 32.1 Å². The molecule has 0 aliphatic carbocycles. The molecule has 278 valence electrons. The van der Waals surface area contributed by atoms with Crippen LogP contribution in [0.3, 0.4) is 0 Å². The number of nitrogens with zero attached hydrogens (tertiary/aromatic N) is 1. The minimum atomic E-state index is -3.03. The second-order valence-corrected chi connectivity index (χ2v) is 12.8. The number of nitrogens with one attached hydrogen (secondary N) is 4. The molecule has 15 heteroatoms. The van der Waals surface area contributed by atoms with Crippen molar-refractivity contribution >= 4 is 23.6 Å². The first-order valence-electron chi connectivity index (χ1n) is 16.7. The fourth-order valence-electron chi connectivity index (χ4n) is 5.17. The molecular weight excluding hydrogens is 662 g/mol. The number of alkyl halides is 4. The van der Waals surface area contributed by atoms with E-state index < -0.39 is 104 Å². The summed E-state index contributed by atoms with van der Waals surface area (Å²) < 4.78 is 54.6. The Bertz CT molecular complexity index is 1340. The number of benzene rings is 1. The zero-order valence-electron chi connectivity index (χ0n) is 28.7. The van der Waals surface area contributed by atoms with Gasteiger partial charge in [0.2, 0.25) is 36.5 Å². The van der Waals surface area contributed by atoms with Crippen molar-refractivity contribution in [3.8, 4) is 0 Å². The standard InChI is InChI=1S/C35H49F4N5O6/c1-5-21(4)31(46)35(50)43-26(18-29(38)39)33(48)42-25(15-22-9-7-6-8-10-22)27(45)16-24(17-28(36)37)32(47)44-30(20(2)3)34(49)41-19-23-11-13-40-14-12-23/h6-14,20-21,24-31,45-46H,5,15-19H2,1-4H3,(H,41,49)(H,42,48)(H,43,50)(H,44,47)/t21-,24-,25-,26-,27-,30-,31-/m0/s1. The summed E-state index contributed by atoms with van der Waals surface area (Å²) in [7, 11) is 0. The Morgan fingerprint density at radius 2 is 1.36 bits per heavy atom. The highest BCUT2D eigenvalue weighted by atomic mass is 19.3. The van der Waals surface area contributed by atoms with E-state index in [1.807, 2.05) is 0 Å². The van der Waals surface area contributed by atoms with E-state index in [0.717, 1.165) is 5.56 Å². The van der Waals surface area contributed by atoms with Gasteiger partial charge in [-0.25, -0.2) is 17.6 Å². The molecule has 0 saturated heterocycles. The quantitative estimate of drug-likeness (QED) is 0.108. The van der Waals surface area contributed by atoms with Crippen LogP contribution >= 0.6 is 0 Å². The Balaban J connectivity index is 2.29. The number of aliphatic hydroxyl groups is 2. The molecule has 0 fully saturated rings. The van der Waals surface area contributed by atoms with Gasteiger partial charge in [0.25, 0.3) is 0 Å². The van der Waals surface area contributed by atoms with Crippen LogP contribution in [0.5, 0.6) is 0 Å². The maximum Gasteiger partial charge on any atom is 0.249 e. The van der Waals surface area contributed by atoms with Crippen molar-refractivity contribution < 1.29 is 47.0 Å². The molecule has 0 aliphatic heterocycles. The molecule has 2 rings (SSSR count). The number of rotatable bonds is 21. The smallest absolute Gasteiger partial charge is 0.249 e. The van der Waals surface area contributed by atoms with Crippen LogP contribution in [0.25, 0.3) is 0 Å². The van der Waals surface area contributed by atoms with Gasteiger partial charge in [0.05, 0.1) is 12.1 Å². The van der Waals surface area contributed by atoms with Crippen LogP contribution in [0, 0.1) is 17.8 Å². The third-order valence-electron chi connectivity index (χ3n) is 8.41. The molecule has 0 unspecified atom stereocenters. The summed E-state index contributed by atoms with van der Waals surface area (Å²) in [5.41, 5.74) is 1.33. The number of aromatic nitrogens is 1. The van der Waals surface area contributed by atoms with Crippen molar-refractivity contribution in [2.75, 3.05) is 0 Å². The molecule has 1 heterocycles. The number of carbonyl (C=O) groups excluding carboxylic acids is 4. The molecule has 1 aromatic carbocycles. The summed E-state index contributed by atoms with van der Waals surface area (Å²) in [6, 6.07) is 7.58. The molecule has 0 saturated carbocycles. The van der Waals surface area contributed by atoms with Gasteiger partial charge in [0, 0.05) is 37.7 Å². The van der Waals surface area contributed by atoms with Gasteiger partial charge in [0.1, 0.15) is 18.2 Å². The zero-order valence-corrected chi connectivity index (χ0v) is 28.7. The number of amides is 4. The monoisotopic (exact) mass is 711 g/mol. The number of hydrogen-bond acceptors (Lipinski definition) is 7. The first-order chi connectivity index (χ1) is 23.6. The topological polar surface area (TPSA) is 170 Å². The lowest BCUT2D eigenvalue weighted by molar-refractivity contribution is -0.137. The van der Waals surface area contributed by atoms with Gasteiger partial charge in [-0.15, -0.1) is 0 Å². The Hall–Kier alpha value is -4.11. The molecule has 7 atom stereocenters. The summed E-state index contributed by atoms with van der Waals surface area (Å²) >= 11 is 0. The van der Waals surface area contributed by atoms with E-state index >= 15 is 0 Å². The number of aliphatic hydroxyl groups excluding tert-OH is 2. The van der Waals surface area contributed by atoms with Crippen LogP contribution in [0.2, 0.25) is 0 Å². The molecule has 50 heavy (non-hydrogen) atoms. The van der Waals surface area contributed by atoms with E-state index in [-0.39, 0.29) is 13.0 Å². The molecule has 0 aliphatic rings. The normalized spacial score (nSPS) is 15.8. The third kappa shape index (κ3) is 14.4. The SMILES string of the molecule is CC[C@H](C)[C@H](O)C(=O)N[C@@H](CC(F)F)C(=O)N[C@@H](Cc1ccccc1)[C@@H](O)C[C@@H](CC(F)F)C(=O)N[C@H](C(=O)NCc1ccncc1)C(C)C. The van der Waals surface area contributed by atoms with Crippen LogP contribution < -0.4 is 21.3 Å². The third-order valence-corrected chi connectivity index (χ3v) is 8.41. The average molecular weight is 712 g/mol. The van der Waals surface area contributed by atoms with Gasteiger partial charge in [-0.05, 0) is 47.9 Å². The summed E-state index contributed by atoms with van der Waals surface area (Å²) in [6.45, 7) is 6.74. The lowest BCUT2D eigenvalue weighted by Crippen LogP contribution is -2.56. The summed E-state index contributed by atoms with van der Waals surface area (Å²) in [5, 5.41) is 31.4. The molecule has 11 nitrogen and oxygen atoms in total. The summed E-state index contributed by atoms with van der Waals surface area (Å²) in [4.78, 5) is 56.3. The fourth-order valence-corrected chi connectivity index (χ4v) is 5.17. The van der Waals surface area contributed by atoms with Gasteiger partial charge in [0.15, 0.2) is 0 Å². The van der Waals surface area contributed by atoms with E-state index in [4.69, 9.17) is 0 Å². The fraction of sp³-hybridized carbons (Fsp3) is 0.571. The number of carbonyl (C=O) groups is 4. The first-order valence-corrected chi connectivity index (χ1v) is 16.7. The molecule has 0 bridgehead atoms. The second kappa shape index (κ2) is 21.2. The Kier molecular flexibility index (Phi) is 17.8. The highest BCUT2D eigenvalue weighted by molar-refractivity contribution is 5.90. The van der Waals surface area contributed by atoms with Crippen molar-refractivity contribution in [3.63, 3.8) is 0 Å². The largest absolute Gasteiger partial charge is 0.391 e. The van der Waals surface area contributed by atoms with Crippen LogP contribution in [0.1, 0.15) is 64.5 Å². The summed E-state index contributed by atoms with van der Waals surface area (Å²) in [5.74, 6) is -6.10. The predicted molar refractivity (Wildman–Crippen MR) is 178 cm³/mol. The maximum absolute atomic E-state index is 13.8. The minimum Gasteiger partial charge on any atom is -0.391 e. The van der Waals surface area contributed by atoms with Gasteiger partial charge in [-0.2, -0.15) is 0 Å². The van der Waals surface area contributed by atoms with Gasteiger partial charge in [-0.3, -0.25) is 24.2 Å². The minimum absolute atomic E-state index is 0.0896. The maximum atomic E-state index is 13.8. The van der Waals surface area contributed by atoms with Crippen LogP contribution in [0.15, 0.2) is 54.9 Å². The zero-order chi connectivity index (χ0) is 37.4. The molecule has 1 aromatic heterocycles. The molecule has 2 aromatic rings. The molecule has 4 amide bonds. The van der Waals surface area contributed by atoms with Gasteiger partial charge < -0.3 is 31.5 Å². The van der Waals surface area contributed by atoms with E-state index in [1.54, 1.807) is 82.6 Å². The Morgan fingerprint density at radius 3 is 1.92 bits per heavy atom. The van der Waals surface area contributed by atoms with E-state index in [0.29, 0.717) is 12.0 Å². The van der Waals surface area contributed by atoms with Crippen molar-refractivity contribution in [3.05, 3.63) is 66.0 Å². The number of hydrogen-bond donors (Lipinski definition) is 6. The lowest BCUT2D eigenvalue weighted by Gasteiger charge is -2.30. The molecular formula is C35H49F4N5O6. The van der Waals surface area contributed by atoms with Crippen LogP contribution in [0.4, 0.5) is 17.6 Å². The molecule has 6 N–H and O–H groups in total. The number of halogens is 4. The average Bonchev–Trinajstić information content (AvgIpc) is 3.08. The predicted octanol–water partition coefficient (Wildman–Crippen LogP) is 3.14. The van der Waals surface area contributed by atoms with Gasteiger partial charge >= 0.3 is 0 Å². The second-order valence-electron chi connectivity index (χ2n) is 12.8. The van der Waals surface area contributed by atoms with E-state index in [2.05, 4.69) is 26.3 Å². The van der Waals surface area contributed by atoms with Crippen molar-refractivity contribution in [1.82, 2.24) is 26.3 Å². The van der Waals surface area contributed by atoms with E-state index in [1.165, 1.54) is 0 Å². The molecule has 0 spiro atoms. The van der Waals surface area contributed by atoms with E-state index in [9.17, 15) is 47.0 Å².